The Morgan fingerprint density at radius 1 is 1.05 bits per heavy atom. The van der Waals surface area contributed by atoms with Crippen LogP contribution in [0.5, 0.6) is 0 Å². The molecule has 2 aromatic heterocycles. The molecule has 3 aromatic rings. The molecule has 0 aliphatic carbocycles. The topological polar surface area (TPSA) is 42.2 Å². The normalized spacial score (nSPS) is 11.0. The average molecular weight is 252 g/mol. The van der Waals surface area contributed by atoms with Crippen LogP contribution in [0.2, 0.25) is 0 Å². The van der Waals surface area contributed by atoms with Crippen molar-refractivity contribution in [3.63, 3.8) is 0 Å². The first kappa shape index (κ1) is 11.9. The van der Waals surface area contributed by atoms with Crippen LogP contribution in [0.4, 0.5) is 0 Å². The number of benzene rings is 1. The van der Waals surface area contributed by atoms with Gasteiger partial charge in [-0.1, -0.05) is 35.9 Å². The van der Waals surface area contributed by atoms with Crippen LogP contribution < -0.4 is 5.32 Å². The summed E-state index contributed by atoms with van der Waals surface area (Å²) >= 11 is 0. The molecule has 0 amide bonds. The first-order valence-electron chi connectivity index (χ1n) is 6.38. The molecule has 1 aromatic carbocycles. The summed E-state index contributed by atoms with van der Waals surface area (Å²) in [5.41, 5.74) is 3.45. The molecule has 1 N–H and O–H groups in total. The van der Waals surface area contributed by atoms with Crippen molar-refractivity contribution in [2.24, 2.45) is 0 Å². The number of rotatable bonds is 4. The van der Waals surface area contributed by atoms with Gasteiger partial charge in [0, 0.05) is 12.7 Å². The molecule has 0 atom stereocenters. The molecule has 0 saturated heterocycles. The number of aryl methyl sites for hydroxylation is 1. The van der Waals surface area contributed by atoms with Crippen LogP contribution in [0.25, 0.3) is 5.65 Å². The summed E-state index contributed by atoms with van der Waals surface area (Å²) in [7, 11) is 0. The van der Waals surface area contributed by atoms with E-state index in [9.17, 15) is 0 Å². The van der Waals surface area contributed by atoms with E-state index in [2.05, 4.69) is 46.7 Å². The van der Waals surface area contributed by atoms with E-state index in [-0.39, 0.29) is 0 Å². The van der Waals surface area contributed by atoms with Gasteiger partial charge < -0.3 is 5.32 Å². The van der Waals surface area contributed by atoms with Gasteiger partial charge >= 0.3 is 0 Å². The third-order valence-electron chi connectivity index (χ3n) is 3.08. The highest BCUT2D eigenvalue weighted by atomic mass is 15.3. The van der Waals surface area contributed by atoms with E-state index >= 15 is 0 Å². The van der Waals surface area contributed by atoms with Gasteiger partial charge in [0.25, 0.3) is 0 Å². The first-order chi connectivity index (χ1) is 9.33. The lowest BCUT2D eigenvalue weighted by atomic mass is 10.1. The second-order valence-electron chi connectivity index (χ2n) is 4.64. The van der Waals surface area contributed by atoms with Gasteiger partial charge in [0.15, 0.2) is 11.5 Å². The van der Waals surface area contributed by atoms with Gasteiger partial charge in [0.05, 0.1) is 6.54 Å². The van der Waals surface area contributed by atoms with Gasteiger partial charge in [-0.05, 0) is 24.6 Å². The molecule has 2 heterocycles. The van der Waals surface area contributed by atoms with E-state index < -0.39 is 0 Å². The molecule has 0 fully saturated rings. The Morgan fingerprint density at radius 3 is 2.89 bits per heavy atom. The molecule has 0 saturated carbocycles. The van der Waals surface area contributed by atoms with Crippen molar-refractivity contribution in [1.29, 1.82) is 0 Å². The number of fused-ring (bicyclic) bond motifs is 1. The predicted octanol–water partition coefficient (Wildman–Crippen LogP) is 2.33. The van der Waals surface area contributed by atoms with Crippen LogP contribution in [0.3, 0.4) is 0 Å². The lowest BCUT2D eigenvalue weighted by Crippen LogP contribution is -2.14. The Morgan fingerprint density at radius 2 is 2.00 bits per heavy atom. The molecule has 4 heteroatoms. The molecule has 0 aliphatic heterocycles. The standard InChI is InChI=1S/C15H16N4/c1-12-5-4-6-13(9-12)10-16-11-15-18-17-14-7-2-3-8-19(14)15/h2-9,16H,10-11H2,1H3. The second kappa shape index (κ2) is 5.20. The molecule has 4 nitrogen and oxygen atoms in total. The summed E-state index contributed by atoms with van der Waals surface area (Å²) in [6.45, 7) is 3.65. The van der Waals surface area contributed by atoms with Crippen molar-refractivity contribution in [1.82, 2.24) is 19.9 Å². The van der Waals surface area contributed by atoms with Crippen LogP contribution >= 0.6 is 0 Å². The maximum atomic E-state index is 4.19. The van der Waals surface area contributed by atoms with Crippen molar-refractivity contribution in [3.05, 3.63) is 65.6 Å². The average Bonchev–Trinajstić information content (AvgIpc) is 2.83. The van der Waals surface area contributed by atoms with Crippen LogP contribution in [0, 0.1) is 6.92 Å². The molecule has 3 rings (SSSR count). The summed E-state index contributed by atoms with van der Waals surface area (Å²) < 4.78 is 2.00. The van der Waals surface area contributed by atoms with E-state index in [1.807, 2.05) is 28.8 Å². The smallest absolute Gasteiger partial charge is 0.160 e. The summed E-state index contributed by atoms with van der Waals surface area (Å²) in [6, 6.07) is 14.4. The molecule has 19 heavy (non-hydrogen) atoms. The minimum Gasteiger partial charge on any atom is -0.306 e. The maximum absolute atomic E-state index is 4.19. The minimum absolute atomic E-state index is 0.707. The highest BCUT2D eigenvalue weighted by Crippen LogP contribution is 2.05. The van der Waals surface area contributed by atoms with Gasteiger partial charge in [-0.2, -0.15) is 0 Å². The number of pyridine rings is 1. The van der Waals surface area contributed by atoms with Gasteiger partial charge in [-0.3, -0.25) is 4.40 Å². The summed E-state index contributed by atoms with van der Waals surface area (Å²) in [6.07, 6.45) is 1.99. The second-order valence-corrected chi connectivity index (χ2v) is 4.64. The summed E-state index contributed by atoms with van der Waals surface area (Å²) in [5.74, 6) is 0.934. The van der Waals surface area contributed by atoms with Crippen molar-refractivity contribution in [2.75, 3.05) is 0 Å². The van der Waals surface area contributed by atoms with Crippen LogP contribution in [0.15, 0.2) is 48.7 Å². The van der Waals surface area contributed by atoms with E-state index in [0.717, 1.165) is 18.0 Å². The molecular weight excluding hydrogens is 236 g/mol. The van der Waals surface area contributed by atoms with E-state index in [1.54, 1.807) is 0 Å². The lowest BCUT2D eigenvalue weighted by Gasteiger charge is -2.04. The zero-order valence-corrected chi connectivity index (χ0v) is 10.9. The van der Waals surface area contributed by atoms with Gasteiger partial charge in [0.1, 0.15) is 0 Å². The Balaban J connectivity index is 1.66. The Kier molecular flexibility index (Phi) is 3.25. The van der Waals surface area contributed by atoms with Crippen molar-refractivity contribution in [3.8, 4) is 0 Å². The summed E-state index contributed by atoms with van der Waals surface area (Å²) in [4.78, 5) is 0. The Bertz CT molecular complexity index is 687. The van der Waals surface area contributed by atoms with Crippen LogP contribution in [0.1, 0.15) is 17.0 Å². The fourth-order valence-electron chi connectivity index (χ4n) is 2.15. The quantitative estimate of drug-likeness (QED) is 0.775. The Hall–Kier alpha value is -2.20. The Labute approximate surface area is 112 Å². The number of nitrogens with zero attached hydrogens (tertiary/aromatic N) is 3. The highest BCUT2D eigenvalue weighted by Gasteiger charge is 2.03. The number of hydrogen-bond donors (Lipinski definition) is 1. The molecular formula is C15H16N4. The molecule has 0 aliphatic rings. The third-order valence-corrected chi connectivity index (χ3v) is 3.08. The fraction of sp³-hybridized carbons (Fsp3) is 0.200. The predicted molar refractivity (Wildman–Crippen MR) is 74.7 cm³/mol. The number of aromatic nitrogens is 3. The van der Waals surface area contributed by atoms with Crippen molar-refractivity contribution in [2.45, 2.75) is 20.0 Å². The van der Waals surface area contributed by atoms with E-state index in [1.165, 1.54) is 11.1 Å². The summed E-state index contributed by atoms with van der Waals surface area (Å²) in [5, 5.41) is 11.7. The number of hydrogen-bond acceptors (Lipinski definition) is 3. The molecule has 0 bridgehead atoms. The van der Waals surface area contributed by atoms with Crippen molar-refractivity contribution >= 4 is 5.65 Å². The first-order valence-corrected chi connectivity index (χ1v) is 6.38. The number of nitrogens with one attached hydrogen (secondary N) is 1. The third kappa shape index (κ3) is 2.63. The molecule has 0 unspecified atom stereocenters. The zero-order valence-electron chi connectivity index (χ0n) is 10.9. The van der Waals surface area contributed by atoms with E-state index in [4.69, 9.17) is 0 Å². The highest BCUT2D eigenvalue weighted by molar-refractivity contribution is 5.36. The monoisotopic (exact) mass is 252 g/mol. The largest absolute Gasteiger partial charge is 0.306 e. The zero-order chi connectivity index (χ0) is 13.1. The lowest BCUT2D eigenvalue weighted by molar-refractivity contribution is 0.656. The van der Waals surface area contributed by atoms with Crippen LogP contribution in [-0.4, -0.2) is 14.6 Å². The van der Waals surface area contributed by atoms with Crippen LogP contribution in [-0.2, 0) is 13.1 Å². The molecule has 0 radical (unpaired) electrons. The SMILES string of the molecule is Cc1cccc(CNCc2nnc3ccccn23)c1. The molecule has 0 spiro atoms. The fourth-order valence-corrected chi connectivity index (χ4v) is 2.15. The molecule has 96 valence electrons. The van der Waals surface area contributed by atoms with E-state index in [0.29, 0.717) is 6.54 Å². The maximum Gasteiger partial charge on any atom is 0.160 e. The minimum atomic E-state index is 0.707. The van der Waals surface area contributed by atoms with Gasteiger partial charge in [-0.15, -0.1) is 10.2 Å². The van der Waals surface area contributed by atoms with Gasteiger partial charge in [-0.25, -0.2) is 0 Å². The van der Waals surface area contributed by atoms with Crippen molar-refractivity contribution < 1.29 is 0 Å². The van der Waals surface area contributed by atoms with Gasteiger partial charge in [0.2, 0.25) is 0 Å².